The number of morpholine rings is 1. The van der Waals surface area contributed by atoms with Gasteiger partial charge in [-0.05, 0) is 19.1 Å². The van der Waals surface area contributed by atoms with Gasteiger partial charge in [0.25, 0.3) is 0 Å². The molecule has 0 aliphatic carbocycles. The Hall–Kier alpha value is -2.21. The van der Waals surface area contributed by atoms with Crippen molar-refractivity contribution in [3.63, 3.8) is 0 Å². The van der Waals surface area contributed by atoms with E-state index in [0.29, 0.717) is 36.4 Å². The second kappa shape index (κ2) is 7.37. The van der Waals surface area contributed by atoms with E-state index in [1.54, 1.807) is 16.8 Å². The molecule has 1 unspecified atom stereocenters. The van der Waals surface area contributed by atoms with Crippen LogP contribution in [0.25, 0.3) is 5.82 Å². The first-order chi connectivity index (χ1) is 10.7. The standard InChI is InChI=1S/C14H17N7O.ClH/c1-10(16)13-18-14(20-4-6-22-7-5-20)19-21(13)12-3-2-11(8-15)9-17-12;/h2-3,9-10H,4-7,16H2,1H3;1H. The van der Waals surface area contributed by atoms with Crippen LogP contribution in [0.4, 0.5) is 5.95 Å². The van der Waals surface area contributed by atoms with Crippen molar-refractivity contribution in [3.8, 4) is 11.9 Å². The molecule has 8 nitrogen and oxygen atoms in total. The number of nitrogens with two attached hydrogens (primary N) is 1. The summed E-state index contributed by atoms with van der Waals surface area (Å²) in [6.07, 6.45) is 1.51. The first-order valence-electron chi connectivity index (χ1n) is 7.11. The van der Waals surface area contributed by atoms with Gasteiger partial charge in [0.15, 0.2) is 11.6 Å². The van der Waals surface area contributed by atoms with Crippen LogP contribution in [0.3, 0.4) is 0 Å². The van der Waals surface area contributed by atoms with Crippen molar-refractivity contribution >= 4 is 18.4 Å². The molecule has 0 saturated carbocycles. The van der Waals surface area contributed by atoms with E-state index < -0.39 is 0 Å². The summed E-state index contributed by atoms with van der Waals surface area (Å²) in [7, 11) is 0. The molecule has 23 heavy (non-hydrogen) atoms. The minimum atomic E-state index is -0.278. The SMILES string of the molecule is CC(N)c1nc(N2CCOCC2)nn1-c1ccc(C#N)cn1.Cl. The average Bonchev–Trinajstić information content (AvgIpc) is 3.01. The third-order valence-electron chi connectivity index (χ3n) is 3.42. The molecule has 2 aromatic rings. The fraction of sp³-hybridized carbons (Fsp3) is 0.429. The number of rotatable bonds is 3. The Balaban J connectivity index is 0.00000192. The van der Waals surface area contributed by atoms with Gasteiger partial charge in [0.1, 0.15) is 6.07 Å². The fourth-order valence-corrected chi connectivity index (χ4v) is 2.25. The molecule has 3 heterocycles. The fourth-order valence-electron chi connectivity index (χ4n) is 2.25. The maximum Gasteiger partial charge on any atom is 0.245 e. The van der Waals surface area contributed by atoms with E-state index >= 15 is 0 Å². The molecule has 0 amide bonds. The third kappa shape index (κ3) is 3.59. The van der Waals surface area contributed by atoms with Crippen LogP contribution in [0.15, 0.2) is 18.3 Å². The Morgan fingerprint density at radius 3 is 2.65 bits per heavy atom. The Morgan fingerprint density at radius 1 is 1.35 bits per heavy atom. The summed E-state index contributed by atoms with van der Waals surface area (Å²) in [5, 5.41) is 13.4. The van der Waals surface area contributed by atoms with E-state index in [0.717, 1.165) is 13.1 Å². The normalized spacial score (nSPS) is 15.6. The zero-order chi connectivity index (χ0) is 15.5. The molecule has 3 rings (SSSR count). The van der Waals surface area contributed by atoms with E-state index in [1.165, 1.54) is 6.20 Å². The van der Waals surface area contributed by atoms with Crippen LogP contribution in [0.2, 0.25) is 0 Å². The number of nitriles is 1. The van der Waals surface area contributed by atoms with Crippen molar-refractivity contribution in [3.05, 3.63) is 29.7 Å². The van der Waals surface area contributed by atoms with Crippen molar-refractivity contribution < 1.29 is 4.74 Å². The summed E-state index contributed by atoms with van der Waals surface area (Å²) in [5.74, 6) is 1.86. The lowest BCUT2D eigenvalue weighted by Crippen LogP contribution is -2.37. The average molecular weight is 336 g/mol. The van der Waals surface area contributed by atoms with Gasteiger partial charge in [-0.15, -0.1) is 17.5 Å². The summed E-state index contributed by atoms with van der Waals surface area (Å²) >= 11 is 0. The van der Waals surface area contributed by atoms with Crippen molar-refractivity contribution in [1.29, 1.82) is 5.26 Å². The van der Waals surface area contributed by atoms with Gasteiger partial charge in [-0.3, -0.25) is 0 Å². The molecular formula is C14H18ClN7O. The molecule has 1 aliphatic rings. The minimum Gasteiger partial charge on any atom is -0.378 e. The van der Waals surface area contributed by atoms with Gasteiger partial charge in [0, 0.05) is 19.3 Å². The second-order valence-electron chi connectivity index (χ2n) is 5.09. The third-order valence-corrected chi connectivity index (χ3v) is 3.42. The van der Waals surface area contributed by atoms with Crippen LogP contribution in [-0.4, -0.2) is 46.1 Å². The quantitative estimate of drug-likeness (QED) is 0.884. The van der Waals surface area contributed by atoms with Crippen molar-refractivity contribution in [2.24, 2.45) is 5.73 Å². The molecule has 0 bridgehead atoms. The van der Waals surface area contributed by atoms with Crippen LogP contribution in [-0.2, 0) is 4.74 Å². The maximum atomic E-state index is 8.85. The van der Waals surface area contributed by atoms with E-state index in [2.05, 4.69) is 20.0 Å². The van der Waals surface area contributed by atoms with Crippen LogP contribution in [0.5, 0.6) is 0 Å². The Kier molecular flexibility index (Phi) is 5.50. The lowest BCUT2D eigenvalue weighted by Gasteiger charge is -2.25. The highest BCUT2D eigenvalue weighted by Gasteiger charge is 2.21. The van der Waals surface area contributed by atoms with Crippen LogP contribution >= 0.6 is 12.4 Å². The smallest absolute Gasteiger partial charge is 0.245 e. The summed E-state index contributed by atoms with van der Waals surface area (Å²) in [5.41, 5.74) is 6.50. The first-order valence-corrected chi connectivity index (χ1v) is 7.11. The van der Waals surface area contributed by atoms with Gasteiger partial charge in [-0.1, -0.05) is 0 Å². The van der Waals surface area contributed by atoms with Crippen LogP contribution in [0, 0.1) is 11.3 Å². The van der Waals surface area contributed by atoms with Gasteiger partial charge < -0.3 is 15.4 Å². The summed E-state index contributed by atoms with van der Waals surface area (Å²) in [6, 6.07) is 5.20. The summed E-state index contributed by atoms with van der Waals surface area (Å²) in [6.45, 7) is 4.69. The highest BCUT2D eigenvalue weighted by atomic mass is 35.5. The molecule has 1 saturated heterocycles. The molecule has 1 fully saturated rings. The Morgan fingerprint density at radius 2 is 2.09 bits per heavy atom. The van der Waals surface area contributed by atoms with Gasteiger partial charge in [-0.25, -0.2) is 4.98 Å². The molecule has 2 aromatic heterocycles. The predicted octanol–water partition coefficient (Wildman–Crippen LogP) is 0.812. The molecular weight excluding hydrogens is 318 g/mol. The molecule has 9 heteroatoms. The van der Waals surface area contributed by atoms with E-state index in [-0.39, 0.29) is 18.4 Å². The van der Waals surface area contributed by atoms with Gasteiger partial charge >= 0.3 is 0 Å². The predicted molar refractivity (Wildman–Crippen MR) is 86.8 cm³/mol. The van der Waals surface area contributed by atoms with Crippen LogP contribution in [0.1, 0.15) is 24.4 Å². The Labute approximate surface area is 140 Å². The number of halogens is 1. The van der Waals surface area contributed by atoms with Crippen molar-refractivity contribution in [1.82, 2.24) is 19.7 Å². The maximum absolute atomic E-state index is 8.85. The summed E-state index contributed by atoms with van der Waals surface area (Å²) < 4.78 is 6.98. The van der Waals surface area contributed by atoms with Gasteiger partial charge in [-0.2, -0.15) is 14.9 Å². The van der Waals surface area contributed by atoms with Crippen molar-refractivity contribution in [2.75, 3.05) is 31.2 Å². The first kappa shape index (κ1) is 17.1. The topological polar surface area (TPSA) is 106 Å². The highest BCUT2D eigenvalue weighted by Crippen LogP contribution is 2.18. The molecule has 2 N–H and O–H groups in total. The molecule has 1 aliphatic heterocycles. The number of nitrogens with zero attached hydrogens (tertiary/aromatic N) is 6. The van der Waals surface area contributed by atoms with Crippen molar-refractivity contribution in [2.45, 2.75) is 13.0 Å². The number of pyridine rings is 1. The molecule has 122 valence electrons. The molecule has 0 spiro atoms. The zero-order valence-electron chi connectivity index (χ0n) is 12.7. The monoisotopic (exact) mass is 335 g/mol. The molecule has 1 atom stereocenters. The number of hydrogen-bond donors (Lipinski definition) is 1. The lowest BCUT2D eigenvalue weighted by atomic mass is 10.3. The largest absolute Gasteiger partial charge is 0.378 e. The zero-order valence-corrected chi connectivity index (χ0v) is 13.5. The minimum absolute atomic E-state index is 0. The Bertz CT molecular complexity index is 686. The highest BCUT2D eigenvalue weighted by molar-refractivity contribution is 5.85. The van der Waals surface area contributed by atoms with E-state index in [1.807, 2.05) is 13.0 Å². The molecule has 0 radical (unpaired) electrons. The number of ether oxygens (including phenoxy) is 1. The van der Waals surface area contributed by atoms with Gasteiger partial charge in [0.2, 0.25) is 5.95 Å². The second-order valence-corrected chi connectivity index (χ2v) is 5.09. The van der Waals surface area contributed by atoms with E-state index in [4.69, 9.17) is 15.7 Å². The summed E-state index contributed by atoms with van der Waals surface area (Å²) in [4.78, 5) is 10.9. The van der Waals surface area contributed by atoms with Gasteiger partial charge in [0.05, 0.1) is 24.8 Å². The number of aromatic nitrogens is 4. The lowest BCUT2D eigenvalue weighted by molar-refractivity contribution is 0.122. The molecule has 0 aromatic carbocycles. The van der Waals surface area contributed by atoms with Crippen LogP contribution < -0.4 is 10.6 Å². The number of anilines is 1. The number of hydrogen-bond acceptors (Lipinski definition) is 7. The van der Waals surface area contributed by atoms with E-state index in [9.17, 15) is 0 Å².